The van der Waals surface area contributed by atoms with E-state index in [0.29, 0.717) is 17.7 Å². The van der Waals surface area contributed by atoms with Gasteiger partial charge in [-0.15, -0.1) is 0 Å². The molecule has 0 N–H and O–H groups in total. The van der Waals surface area contributed by atoms with Crippen LogP contribution in [-0.4, -0.2) is 23.6 Å². The van der Waals surface area contributed by atoms with E-state index >= 15 is 0 Å². The molecule has 3 rings (SSSR count). The maximum absolute atomic E-state index is 14.3. The monoisotopic (exact) mass is 465 g/mol. The Morgan fingerprint density at radius 1 is 1.00 bits per heavy atom. The SMILES string of the molecule is CSCCCOc1ncc(-c2ccc(F)c(COc3cccc(C)c3)c2)cc1C(F)(F)F. The van der Waals surface area contributed by atoms with Gasteiger partial charge in [-0.3, -0.25) is 0 Å². The second-order valence-electron chi connectivity index (χ2n) is 7.18. The summed E-state index contributed by atoms with van der Waals surface area (Å²) in [5.41, 5.74) is 0.890. The minimum atomic E-state index is -4.63. The average molecular weight is 466 g/mol. The van der Waals surface area contributed by atoms with Crippen molar-refractivity contribution in [3.63, 3.8) is 0 Å². The van der Waals surface area contributed by atoms with Crippen molar-refractivity contribution in [2.45, 2.75) is 26.1 Å². The predicted molar refractivity (Wildman–Crippen MR) is 119 cm³/mol. The average Bonchev–Trinajstić information content (AvgIpc) is 2.76. The van der Waals surface area contributed by atoms with Crippen molar-refractivity contribution in [2.75, 3.05) is 18.6 Å². The molecule has 0 aliphatic rings. The summed E-state index contributed by atoms with van der Waals surface area (Å²) in [7, 11) is 0. The summed E-state index contributed by atoms with van der Waals surface area (Å²) in [4.78, 5) is 3.90. The van der Waals surface area contributed by atoms with Crippen molar-refractivity contribution in [3.05, 3.63) is 77.2 Å². The minimum Gasteiger partial charge on any atom is -0.489 e. The van der Waals surface area contributed by atoms with Gasteiger partial charge in [0.1, 0.15) is 23.7 Å². The number of nitrogens with zero attached hydrogens (tertiary/aromatic N) is 1. The van der Waals surface area contributed by atoms with E-state index in [9.17, 15) is 17.6 Å². The number of hydrogen-bond acceptors (Lipinski definition) is 4. The van der Waals surface area contributed by atoms with Gasteiger partial charge in [-0.05, 0) is 66.8 Å². The third-order valence-electron chi connectivity index (χ3n) is 4.65. The van der Waals surface area contributed by atoms with Crippen LogP contribution in [0.5, 0.6) is 11.6 Å². The van der Waals surface area contributed by atoms with E-state index in [-0.39, 0.29) is 24.3 Å². The van der Waals surface area contributed by atoms with Crippen molar-refractivity contribution >= 4 is 11.8 Å². The van der Waals surface area contributed by atoms with E-state index in [4.69, 9.17) is 9.47 Å². The van der Waals surface area contributed by atoms with E-state index < -0.39 is 23.4 Å². The Morgan fingerprint density at radius 2 is 1.81 bits per heavy atom. The number of halogens is 4. The van der Waals surface area contributed by atoms with Gasteiger partial charge in [0.25, 0.3) is 0 Å². The second kappa shape index (κ2) is 10.7. The third-order valence-corrected chi connectivity index (χ3v) is 5.35. The predicted octanol–water partition coefficient (Wildman–Crippen LogP) is 6.93. The molecule has 0 aliphatic carbocycles. The van der Waals surface area contributed by atoms with Crippen molar-refractivity contribution < 1.29 is 27.0 Å². The Labute approximate surface area is 188 Å². The molecule has 0 aliphatic heterocycles. The molecule has 0 fully saturated rings. The minimum absolute atomic E-state index is 0.0562. The van der Waals surface area contributed by atoms with E-state index in [1.54, 1.807) is 17.8 Å². The molecule has 0 atom stereocenters. The molecule has 0 radical (unpaired) electrons. The van der Waals surface area contributed by atoms with Crippen LogP contribution in [0.15, 0.2) is 54.7 Å². The second-order valence-corrected chi connectivity index (χ2v) is 8.17. The number of pyridine rings is 1. The van der Waals surface area contributed by atoms with Crippen LogP contribution in [-0.2, 0) is 12.8 Å². The highest BCUT2D eigenvalue weighted by molar-refractivity contribution is 7.98. The quantitative estimate of drug-likeness (QED) is 0.253. The summed E-state index contributed by atoms with van der Waals surface area (Å²) in [6.07, 6.45) is -0.798. The zero-order valence-corrected chi connectivity index (χ0v) is 18.5. The van der Waals surface area contributed by atoms with Crippen LogP contribution in [0.2, 0.25) is 0 Å². The third kappa shape index (κ3) is 6.38. The van der Waals surface area contributed by atoms with Gasteiger partial charge in [0.05, 0.1) is 6.61 Å². The number of ether oxygens (including phenoxy) is 2. The molecule has 0 saturated heterocycles. The highest BCUT2D eigenvalue weighted by Gasteiger charge is 2.36. The van der Waals surface area contributed by atoms with Crippen LogP contribution >= 0.6 is 11.8 Å². The summed E-state index contributed by atoms with van der Waals surface area (Å²) in [5.74, 6) is 0.410. The first-order chi connectivity index (χ1) is 15.3. The summed E-state index contributed by atoms with van der Waals surface area (Å²) in [5, 5.41) is 0. The molecule has 3 aromatic rings. The molecule has 0 unspecified atom stereocenters. The van der Waals surface area contributed by atoms with Gasteiger partial charge in [0.2, 0.25) is 5.88 Å². The molecule has 1 aromatic heterocycles. The van der Waals surface area contributed by atoms with Crippen molar-refractivity contribution in [1.82, 2.24) is 4.98 Å². The fourth-order valence-electron chi connectivity index (χ4n) is 3.03. The zero-order chi connectivity index (χ0) is 23.1. The Morgan fingerprint density at radius 3 is 2.53 bits per heavy atom. The van der Waals surface area contributed by atoms with Gasteiger partial charge in [-0.25, -0.2) is 9.37 Å². The molecular formula is C24H23F4NO2S. The lowest BCUT2D eigenvalue weighted by atomic mass is 10.0. The lowest BCUT2D eigenvalue weighted by molar-refractivity contribution is -0.139. The van der Waals surface area contributed by atoms with E-state index in [1.165, 1.54) is 24.4 Å². The molecule has 0 bridgehead atoms. The Kier molecular flexibility index (Phi) is 8.01. The largest absolute Gasteiger partial charge is 0.489 e. The molecule has 0 spiro atoms. The van der Waals surface area contributed by atoms with Gasteiger partial charge < -0.3 is 9.47 Å². The van der Waals surface area contributed by atoms with Crippen LogP contribution in [0.4, 0.5) is 17.6 Å². The van der Waals surface area contributed by atoms with Crippen molar-refractivity contribution in [3.8, 4) is 22.8 Å². The number of aryl methyl sites for hydroxylation is 1. The highest BCUT2D eigenvalue weighted by Crippen LogP contribution is 2.37. The maximum atomic E-state index is 14.3. The molecule has 1 heterocycles. The summed E-state index contributed by atoms with van der Waals surface area (Å²) >= 11 is 1.59. The van der Waals surface area contributed by atoms with Crippen LogP contribution in [0, 0.1) is 12.7 Å². The maximum Gasteiger partial charge on any atom is 0.421 e. The number of hydrogen-bond donors (Lipinski definition) is 0. The molecule has 32 heavy (non-hydrogen) atoms. The molecule has 2 aromatic carbocycles. The van der Waals surface area contributed by atoms with Crippen LogP contribution < -0.4 is 9.47 Å². The highest BCUT2D eigenvalue weighted by atomic mass is 32.2. The number of thioether (sulfide) groups is 1. The fourth-order valence-corrected chi connectivity index (χ4v) is 3.44. The molecule has 0 amide bonds. The number of benzene rings is 2. The molecule has 3 nitrogen and oxygen atoms in total. The zero-order valence-electron chi connectivity index (χ0n) is 17.7. The van der Waals surface area contributed by atoms with Gasteiger partial charge in [0.15, 0.2) is 0 Å². The fraction of sp³-hybridized carbons (Fsp3) is 0.292. The number of alkyl halides is 3. The molecule has 170 valence electrons. The number of rotatable bonds is 9. The van der Waals surface area contributed by atoms with E-state index in [1.807, 2.05) is 31.4 Å². The summed E-state index contributed by atoms with van der Waals surface area (Å²) in [6.45, 7) is 2.00. The Hall–Kier alpha value is -2.74. The molecular weight excluding hydrogens is 442 g/mol. The van der Waals surface area contributed by atoms with Crippen LogP contribution in [0.25, 0.3) is 11.1 Å². The summed E-state index contributed by atoms with van der Waals surface area (Å²) < 4.78 is 66.0. The van der Waals surface area contributed by atoms with Gasteiger partial charge in [0, 0.05) is 17.3 Å². The first-order valence-corrected chi connectivity index (χ1v) is 11.3. The van der Waals surface area contributed by atoms with Gasteiger partial charge >= 0.3 is 6.18 Å². The van der Waals surface area contributed by atoms with Gasteiger partial charge in [-0.2, -0.15) is 24.9 Å². The lowest BCUT2D eigenvalue weighted by Crippen LogP contribution is -2.11. The van der Waals surface area contributed by atoms with Crippen LogP contribution in [0.3, 0.4) is 0 Å². The van der Waals surface area contributed by atoms with E-state index in [2.05, 4.69) is 4.98 Å². The topological polar surface area (TPSA) is 31.4 Å². The lowest BCUT2D eigenvalue weighted by Gasteiger charge is -2.15. The Balaban J connectivity index is 1.84. The Bertz CT molecular complexity index is 1060. The normalized spacial score (nSPS) is 11.4. The first-order valence-electron chi connectivity index (χ1n) is 9.95. The smallest absolute Gasteiger partial charge is 0.421 e. The van der Waals surface area contributed by atoms with Crippen molar-refractivity contribution in [2.24, 2.45) is 0 Å². The standard InChI is InChI=1S/C24H23F4NO2S/c1-16-5-3-6-20(11-16)31-15-19-12-17(7-8-22(19)25)18-13-21(24(26,27)28)23(29-14-18)30-9-4-10-32-2/h3,5-8,11-14H,4,9-10,15H2,1-2H3. The molecule has 0 saturated carbocycles. The number of aromatic nitrogens is 1. The van der Waals surface area contributed by atoms with Gasteiger partial charge in [-0.1, -0.05) is 18.2 Å². The molecule has 8 heteroatoms. The van der Waals surface area contributed by atoms with E-state index in [0.717, 1.165) is 17.4 Å². The first kappa shape index (κ1) is 23.9. The van der Waals surface area contributed by atoms with Crippen LogP contribution in [0.1, 0.15) is 23.1 Å². The van der Waals surface area contributed by atoms with Crippen molar-refractivity contribution in [1.29, 1.82) is 0 Å². The summed E-state index contributed by atoms with van der Waals surface area (Å²) in [6, 6.07) is 12.4.